The van der Waals surface area contributed by atoms with Crippen molar-refractivity contribution in [1.82, 2.24) is 0 Å². The molecule has 0 unspecified atom stereocenters. The molecule has 0 aliphatic rings. The van der Waals surface area contributed by atoms with Gasteiger partial charge in [0.2, 0.25) is 0 Å². The summed E-state index contributed by atoms with van der Waals surface area (Å²) in [4.78, 5) is 4.90. The van der Waals surface area contributed by atoms with E-state index in [-0.39, 0.29) is 0 Å². The maximum absolute atomic E-state index is 6.21. The molecule has 152 valence electrons. The molecule has 4 rings (SSSR count). The SMILES string of the molecule is CCOc1ccc(N=c2cc(-c3ccc(C)cc3)oc3ccc(OCC)cc23)cc1. The predicted molar refractivity (Wildman–Crippen MR) is 120 cm³/mol. The van der Waals surface area contributed by atoms with Gasteiger partial charge in [0.25, 0.3) is 0 Å². The molecule has 0 N–H and O–H groups in total. The minimum Gasteiger partial charge on any atom is -0.494 e. The fourth-order valence-electron chi connectivity index (χ4n) is 3.28. The Morgan fingerprint density at radius 2 is 1.43 bits per heavy atom. The van der Waals surface area contributed by atoms with Crippen LogP contribution in [0.1, 0.15) is 19.4 Å². The van der Waals surface area contributed by atoms with Gasteiger partial charge < -0.3 is 13.9 Å². The monoisotopic (exact) mass is 399 g/mol. The Kier molecular flexibility index (Phi) is 5.84. The van der Waals surface area contributed by atoms with E-state index in [2.05, 4.69) is 31.2 Å². The molecule has 4 nitrogen and oxygen atoms in total. The Labute approximate surface area is 176 Å². The van der Waals surface area contributed by atoms with Crippen LogP contribution >= 0.6 is 0 Å². The molecular weight excluding hydrogens is 374 g/mol. The molecule has 30 heavy (non-hydrogen) atoms. The van der Waals surface area contributed by atoms with Crippen LogP contribution in [-0.4, -0.2) is 13.2 Å². The van der Waals surface area contributed by atoms with E-state index in [9.17, 15) is 0 Å². The average Bonchev–Trinajstić information content (AvgIpc) is 2.76. The highest BCUT2D eigenvalue weighted by atomic mass is 16.5. The van der Waals surface area contributed by atoms with E-state index in [0.29, 0.717) is 13.2 Å². The minimum atomic E-state index is 0.607. The topological polar surface area (TPSA) is 44.0 Å². The van der Waals surface area contributed by atoms with E-state index >= 15 is 0 Å². The van der Waals surface area contributed by atoms with Crippen molar-refractivity contribution in [1.29, 1.82) is 0 Å². The maximum Gasteiger partial charge on any atom is 0.137 e. The normalized spacial score (nSPS) is 11.6. The number of rotatable bonds is 6. The predicted octanol–water partition coefficient (Wildman–Crippen LogP) is 6.44. The number of aryl methyl sites for hydroxylation is 1. The molecule has 0 radical (unpaired) electrons. The zero-order valence-corrected chi connectivity index (χ0v) is 17.5. The van der Waals surface area contributed by atoms with Gasteiger partial charge in [-0.3, -0.25) is 0 Å². The van der Waals surface area contributed by atoms with Gasteiger partial charge in [-0.05, 0) is 63.2 Å². The zero-order valence-electron chi connectivity index (χ0n) is 17.5. The third kappa shape index (κ3) is 4.38. The molecule has 4 aromatic rings. The molecule has 4 heteroatoms. The van der Waals surface area contributed by atoms with Gasteiger partial charge in [0.15, 0.2) is 0 Å². The molecule has 3 aromatic carbocycles. The Balaban J connectivity index is 1.89. The minimum absolute atomic E-state index is 0.607. The van der Waals surface area contributed by atoms with Gasteiger partial charge in [-0.15, -0.1) is 0 Å². The van der Waals surface area contributed by atoms with Crippen LogP contribution in [0.5, 0.6) is 11.5 Å². The summed E-state index contributed by atoms with van der Waals surface area (Å²) in [6, 6.07) is 23.9. The van der Waals surface area contributed by atoms with Crippen molar-refractivity contribution in [2.75, 3.05) is 13.2 Å². The molecular formula is C26H25NO3. The highest BCUT2D eigenvalue weighted by molar-refractivity contribution is 5.80. The van der Waals surface area contributed by atoms with E-state index in [4.69, 9.17) is 18.9 Å². The summed E-state index contributed by atoms with van der Waals surface area (Å²) in [7, 11) is 0. The molecule has 0 saturated heterocycles. The summed E-state index contributed by atoms with van der Waals surface area (Å²) in [6.45, 7) is 7.26. The molecule has 0 aliphatic heterocycles. The van der Waals surface area contributed by atoms with Crippen LogP contribution in [0.25, 0.3) is 22.3 Å². The van der Waals surface area contributed by atoms with Gasteiger partial charge in [0, 0.05) is 17.0 Å². The lowest BCUT2D eigenvalue weighted by Gasteiger charge is -2.08. The summed E-state index contributed by atoms with van der Waals surface area (Å²) in [5.74, 6) is 2.41. The summed E-state index contributed by atoms with van der Waals surface area (Å²) in [5, 5.41) is 1.74. The molecule has 0 aliphatic carbocycles. The molecule has 0 saturated carbocycles. The molecule has 1 aromatic heterocycles. The second kappa shape index (κ2) is 8.87. The number of benzene rings is 3. The van der Waals surface area contributed by atoms with Gasteiger partial charge in [-0.25, -0.2) is 4.99 Å². The molecule has 0 bridgehead atoms. The molecule has 0 atom stereocenters. The van der Waals surface area contributed by atoms with Crippen molar-refractivity contribution in [3.05, 3.63) is 83.7 Å². The van der Waals surface area contributed by atoms with Crippen molar-refractivity contribution in [3.8, 4) is 22.8 Å². The smallest absolute Gasteiger partial charge is 0.137 e. The fraction of sp³-hybridized carbons (Fsp3) is 0.192. The van der Waals surface area contributed by atoms with E-state index < -0.39 is 0 Å². The van der Waals surface area contributed by atoms with Crippen molar-refractivity contribution >= 4 is 16.7 Å². The Morgan fingerprint density at radius 3 is 2.13 bits per heavy atom. The molecule has 1 heterocycles. The first kappa shape index (κ1) is 19.8. The zero-order chi connectivity index (χ0) is 20.9. The maximum atomic E-state index is 6.21. The number of ether oxygens (including phenoxy) is 2. The first-order chi connectivity index (χ1) is 14.7. The lowest BCUT2D eigenvalue weighted by molar-refractivity contribution is 0.340. The Bertz CT molecular complexity index is 1210. The number of hydrogen-bond acceptors (Lipinski definition) is 4. The number of fused-ring (bicyclic) bond motifs is 1. The quantitative estimate of drug-likeness (QED) is 0.375. The molecule has 0 fully saturated rings. The lowest BCUT2D eigenvalue weighted by atomic mass is 10.1. The first-order valence-electron chi connectivity index (χ1n) is 10.2. The second-order valence-electron chi connectivity index (χ2n) is 6.99. The average molecular weight is 399 g/mol. The van der Waals surface area contributed by atoms with Crippen LogP contribution in [0.4, 0.5) is 5.69 Å². The summed E-state index contributed by atoms with van der Waals surface area (Å²) >= 11 is 0. The van der Waals surface area contributed by atoms with E-state index in [1.807, 2.05) is 62.4 Å². The van der Waals surface area contributed by atoms with E-state index in [1.54, 1.807) is 0 Å². The van der Waals surface area contributed by atoms with E-state index in [0.717, 1.165) is 44.8 Å². The molecule has 0 spiro atoms. The summed E-state index contributed by atoms with van der Waals surface area (Å²) in [6.07, 6.45) is 0. The number of hydrogen-bond donors (Lipinski definition) is 0. The summed E-state index contributed by atoms with van der Waals surface area (Å²) in [5.41, 5.74) is 3.84. The third-order valence-corrected chi connectivity index (χ3v) is 4.76. The summed E-state index contributed by atoms with van der Waals surface area (Å²) < 4.78 is 17.4. The Hall–Kier alpha value is -3.53. The van der Waals surface area contributed by atoms with Crippen molar-refractivity contribution in [3.63, 3.8) is 0 Å². The van der Waals surface area contributed by atoms with Crippen LogP contribution in [0, 0.1) is 6.92 Å². The van der Waals surface area contributed by atoms with Crippen LogP contribution in [-0.2, 0) is 0 Å². The van der Waals surface area contributed by atoms with E-state index in [1.165, 1.54) is 5.56 Å². The highest BCUT2D eigenvalue weighted by Gasteiger charge is 2.08. The van der Waals surface area contributed by atoms with Crippen molar-refractivity contribution < 1.29 is 13.9 Å². The van der Waals surface area contributed by atoms with Gasteiger partial charge >= 0.3 is 0 Å². The van der Waals surface area contributed by atoms with Crippen LogP contribution in [0.15, 0.2) is 82.2 Å². The Morgan fingerprint density at radius 1 is 0.767 bits per heavy atom. The standard InChI is InChI=1S/C26H25NO3/c1-4-28-21-12-10-20(11-13-21)27-24-17-26(19-8-6-18(3)7-9-19)30-25-15-14-22(29-5-2)16-23(24)25/h6-17H,4-5H2,1-3H3. The third-order valence-electron chi connectivity index (χ3n) is 4.76. The highest BCUT2D eigenvalue weighted by Crippen LogP contribution is 2.26. The van der Waals surface area contributed by atoms with Gasteiger partial charge in [-0.1, -0.05) is 29.8 Å². The van der Waals surface area contributed by atoms with Gasteiger partial charge in [0.05, 0.1) is 24.3 Å². The largest absolute Gasteiger partial charge is 0.494 e. The van der Waals surface area contributed by atoms with Gasteiger partial charge in [0.1, 0.15) is 22.8 Å². The first-order valence-corrected chi connectivity index (χ1v) is 10.2. The molecule has 0 amide bonds. The van der Waals surface area contributed by atoms with Gasteiger partial charge in [-0.2, -0.15) is 0 Å². The van der Waals surface area contributed by atoms with Crippen LogP contribution in [0.3, 0.4) is 0 Å². The van der Waals surface area contributed by atoms with Crippen LogP contribution in [0.2, 0.25) is 0 Å². The second-order valence-corrected chi connectivity index (χ2v) is 6.99. The number of nitrogens with zero attached hydrogens (tertiary/aromatic N) is 1. The fourth-order valence-corrected chi connectivity index (χ4v) is 3.28. The van der Waals surface area contributed by atoms with Crippen molar-refractivity contribution in [2.45, 2.75) is 20.8 Å². The lowest BCUT2D eigenvalue weighted by Crippen LogP contribution is -2.04. The van der Waals surface area contributed by atoms with Crippen molar-refractivity contribution in [2.24, 2.45) is 4.99 Å². The van der Waals surface area contributed by atoms with Crippen LogP contribution < -0.4 is 14.8 Å².